The maximum absolute atomic E-state index is 13.7. The zero-order chi connectivity index (χ0) is 27.2. The summed E-state index contributed by atoms with van der Waals surface area (Å²) in [5.74, 6) is -0.615. The molecule has 2 saturated heterocycles. The second-order valence-corrected chi connectivity index (χ2v) is 12.0. The van der Waals surface area contributed by atoms with E-state index in [1.807, 2.05) is 6.07 Å². The van der Waals surface area contributed by atoms with E-state index in [-0.39, 0.29) is 42.6 Å². The highest BCUT2D eigenvalue weighted by molar-refractivity contribution is 7.22. The van der Waals surface area contributed by atoms with Gasteiger partial charge in [0.05, 0.1) is 59.3 Å². The topological polar surface area (TPSA) is 92.8 Å². The molecule has 5 aliphatic rings. The van der Waals surface area contributed by atoms with Gasteiger partial charge in [-0.05, 0) is 49.9 Å². The molecule has 3 heterocycles. The molecule has 3 saturated carbocycles. The minimum absolute atomic E-state index is 0.110. The Kier molecular flexibility index (Phi) is 5.25. The average Bonchev–Trinajstić information content (AvgIpc) is 3.27. The number of alkyl halides is 3. The monoisotopic (exact) mass is 558 g/mol. The highest BCUT2D eigenvalue weighted by Crippen LogP contribution is 2.73. The maximum atomic E-state index is 13.7. The number of carbonyl (C=O) groups is 2. The van der Waals surface area contributed by atoms with Gasteiger partial charge in [-0.2, -0.15) is 13.2 Å². The SMILES string of the molecule is COc1ccc2nc(N3C4COCC3C4)sc2c1C(=O)Nc1ccccc1C(=O)NC12CC(C(F)(F)F)(C1)C2. The number of thiazole rings is 1. The molecule has 2 unspecified atom stereocenters. The summed E-state index contributed by atoms with van der Waals surface area (Å²) in [7, 11) is 1.48. The van der Waals surface area contributed by atoms with Crippen molar-refractivity contribution in [3.63, 3.8) is 0 Å². The molecule has 204 valence electrons. The fraction of sp³-hybridized carbons (Fsp3) is 0.444. The number of nitrogens with one attached hydrogen (secondary N) is 2. The van der Waals surface area contributed by atoms with Gasteiger partial charge in [0.25, 0.3) is 11.8 Å². The van der Waals surface area contributed by atoms with Crippen LogP contribution < -0.4 is 20.3 Å². The Labute approximate surface area is 225 Å². The normalized spacial score (nSPS) is 28.7. The minimum atomic E-state index is -4.26. The van der Waals surface area contributed by atoms with E-state index < -0.39 is 28.9 Å². The number of hydrogen-bond acceptors (Lipinski definition) is 7. The fourth-order valence-corrected chi connectivity index (χ4v) is 7.86. The van der Waals surface area contributed by atoms with Crippen molar-refractivity contribution in [1.29, 1.82) is 0 Å². The molecule has 3 aromatic rings. The summed E-state index contributed by atoms with van der Waals surface area (Å²) in [6.45, 7) is 1.31. The van der Waals surface area contributed by atoms with Crippen LogP contribution in [0.15, 0.2) is 36.4 Å². The molecule has 8 rings (SSSR count). The number of para-hydroxylation sites is 1. The summed E-state index contributed by atoms with van der Waals surface area (Å²) < 4.78 is 51.5. The molecule has 5 fully saturated rings. The van der Waals surface area contributed by atoms with Gasteiger partial charge in [0.2, 0.25) is 0 Å². The summed E-state index contributed by atoms with van der Waals surface area (Å²) in [6.07, 6.45) is -3.53. The van der Waals surface area contributed by atoms with Crippen molar-refractivity contribution in [2.75, 3.05) is 30.5 Å². The number of methoxy groups -OCH3 is 1. The standard InChI is InChI=1S/C27H25F3N4O4S/c1-37-19-7-6-18-21(39-24(32-18)34-14-8-15(34)10-38-9-14)20(19)23(36)31-17-5-3-2-4-16(17)22(35)33-26-11-25(12-26,13-26)27(28,29)30/h2-7,14-15H,8-13H2,1H3,(H,31,36)(H,33,35). The molecule has 0 spiro atoms. The summed E-state index contributed by atoms with van der Waals surface area (Å²) in [5, 5.41) is 6.45. The predicted molar refractivity (Wildman–Crippen MR) is 139 cm³/mol. The summed E-state index contributed by atoms with van der Waals surface area (Å²) >= 11 is 1.42. The molecule has 4 bridgehead atoms. The van der Waals surface area contributed by atoms with E-state index in [4.69, 9.17) is 14.5 Å². The number of morpholine rings is 1. The van der Waals surface area contributed by atoms with Crippen LogP contribution in [-0.4, -0.2) is 60.9 Å². The quantitative estimate of drug-likeness (QED) is 0.454. The third-order valence-corrected chi connectivity index (χ3v) is 9.66. The number of aromatic nitrogens is 1. The van der Waals surface area contributed by atoms with Crippen molar-refractivity contribution in [2.45, 2.75) is 49.5 Å². The van der Waals surface area contributed by atoms with Crippen LogP contribution in [-0.2, 0) is 4.74 Å². The van der Waals surface area contributed by atoms with E-state index in [9.17, 15) is 22.8 Å². The summed E-state index contributed by atoms with van der Waals surface area (Å²) in [4.78, 5) is 33.8. The zero-order valence-corrected chi connectivity index (χ0v) is 21.7. The Morgan fingerprint density at radius 1 is 1.10 bits per heavy atom. The molecule has 3 aliphatic carbocycles. The number of nitrogens with zero attached hydrogens (tertiary/aromatic N) is 2. The second kappa shape index (κ2) is 8.31. The van der Waals surface area contributed by atoms with Crippen molar-refractivity contribution in [1.82, 2.24) is 10.3 Å². The van der Waals surface area contributed by atoms with Gasteiger partial charge >= 0.3 is 6.18 Å². The number of rotatable bonds is 6. The van der Waals surface area contributed by atoms with Gasteiger partial charge in [0, 0.05) is 5.54 Å². The van der Waals surface area contributed by atoms with Gasteiger partial charge in [0.1, 0.15) is 11.3 Å². The number of benzene rings is 2. The van der Waals surface area contributed by atoms with Crippen LogP contribution in [0, 0.1) is 5.41 Å². The fourth-order valence-electron chi connectivity index (χ4n) is 6.61. The molecule has 8 nitrogen and oxygen atoms in total. The molecule has 39 heavy (non-hydrogen) atoms. The lowest BCUT2D eigenvalue weighted by molar-refractivity contribution is -0.336. The Morgan fingerprint density at radius 2 is 1.82 bits per heavy atom. The first kappa shape index (κ1) is 24.6. The van der Waals surface area contributed by atoms with Gasteiger partial charge in [-0.3, -0.25) is 9.59 Å². The zero-order valence-electron chi connectivity index (χ0n) is 20.9. The van der Waals surface area contributed by atoms with Crippen LogP contribution in [0.3, 0.4) is 0 Å². The van der Waals surface area contributed by atoms with E-state index >= 15 is 0 Å². The largest absolute Gasteiger partial charge is 0.496 e. The van der Waals surface area contributed by atoms with Gasteiger partial charge < -0.3 is 25.0 Å². The lowest BCUT2D eigenvalue weighted by atomic mass is 9.39. The van der Waals surface area contributed by atoms with Crippen molar-refractivity contribution >= 4 is 44.2 Å². The lowest BCUT2D eigenvalue weighted by Gasteiger charge is -2.70. The Hall–Kier alpha value is -3.38. The number of halogens is 3. The lowest BCUT2D eigenvalue weighted by Crippen LogP contribution is -2.78. The van der Waals surface area contributed by atoms with Gasteiger partial charge in [-0.25, -0.2) is 4.98 Å². The van der Waals surface area contributed by atoms with E-state index in [1.165, 1.54) is 18.4 Å². The Morgan fingerprint density at radius 3 is 2.49 bits per heavy atom. The molecule has 2 N–H and O–H groups in total. The van der Waals surface area contributed by atoms with Crippen LogP contribution in [0.1, 0.15) is 46.4 Å². The van der Waals surface area contributed by atoms with Gasteiger partial charge in [0.15, 0.2) is 5.13 Å². The van der Waals surface area contributed by atoms with Crippen LogP contribution >= 0.6 is 11.3 Å². The minimum Gasteiger partial charge on any atom is -0.496 e. The third-order valence-electron chi connectivity index (χ3n) is 8.56. The average molecular weight is 559 g/mol. The van der Waals surface area contributed by atoms with Gasteiger partial charge in [-0.1, -0.05) is 23.5 Å². The summed E-state index contributed by atoms with van der Waals surface area (Å²) in [6, 6.07) is 10.5. The van der Waals surface area contributed by atoms with Crippen molar-refractivity contribution in [3.8, 4) is 5.75 Å². The van der Waals surface area contributed by atoms with E-state index in [0.717, 1.165) is 11.6 Å². The third kappa shape index (κ3) is 3.64. The molecular formula is C27H25F3N4O4S. The number of fused-ring (bicyclic) bond motifs is 3. The molecule has 12 heteroatoms. The number of amides is 2. The van der Waals surface area contributed by atoms with Gasteiger partial charge in [-0.15, -0.1) is 0 Å². The maximum Gasteiger partial charge on any atom is 0.394 e. The smallest absolute Gasteiger partial charge is 0.394 e. The van der Waals surface area contributed by atoms with Crippen molar-refractivity contribution in [2.24, 2.45) is 5.41 Å². The Bertz CT molecular complexity index is 1490. The molecule has 2 atom stereocenters. The molecule has 1 aromatic heterocycles. The highest BCUT2D eigenvalue weighted by Gasteiger charge is 2.79. The molecular weight excluding hydrogens is 533 g/mol. The highest BCUT2D eigenvalue weighted by atomic mass is 32.1. The first-order valence-corrected chi connectivity index (χ1v) is 13.6. The number of ether oxygens (including phenoxy) is 2. The second-order valence-electron chi connectivity index (χ2n) is 11.0. The molecule has 2 amide bonds. The number of hydrogen-bond donors (Lipinski definition) is 2. The molecule has 2 aliphatic heterocycles. The molecule has 2 aromatic carbocycles. The predicted octanol–water partition coefficient (Wildman–Crippen LogP) is 4.75. The van der Waals surface area contributed by atoms with Crippen molar-refractivity contribution < 1.29 is 32.2 Å². The van der Waals surface area contributed by atoms with Crippen LogP contribution in [0.25, 0.3) is 10.2 Å². The Balaban J connectivity index is 1.14. The van der Waals surface area contributed by atoms with E-state index in [1.54, 1.807) is 30.3 Å². The van der Waals surface area contributed by atoms with Crippen LogP contribution in [0.4, 0.5) is 24.0 Å². The summed E-state index contributed by atoms with van der Waals surface area (Å²) in [5.41, 5.74) is -1.09. The van der Waals surface area contributed by atoms with Crippen LogP contribution in [0.5, 0.6) is 5.75 Å². The molecule has 0 radical (unpaired) electrons. The van der Waals surface area contributed by atoms with Crippen LogP contribution in [0.2, 0.25) is 0 Å². The van der Waals surface area contributed by atoms with Crippen molar-refractivity contribution in [3.05, 3.63) is 47.5 Å². The van der Waals surface area contributed by atoms with E-state index in [2.05, 4.69) is 15.5 Å². The van der Waals surface area contributed by atoms with E-state index in [0.29, 0.717) is 34.7 Å². The number of carbonyl (C=O) groups excluding carboxylic acids is 2. The number of anilines is 2. The first-order chi connectivity index (χ1) is 18.6. The first-order valence-electron chi connectivity index (χ1n) is 12.8.